The van der Waals surface area contributed by atoms with Gasteiger partial charge < -0.3 is 19.8 Å². The van der Waals surface area contributed by atoms with Crippen molar-refractivity contribution in [2.24, 2.45) is 0 Å². The van der Waals surface area contributed by atoms with Crippen LogP contribution in [-0.4, -0.2) is 23.2 Å². The van der Waals surface area contributed by atoms with E-state index in [1.165, 1.54) is 6.33 Å². The molecule has 0 bridgehead atoms. The third kappa shape index (κ3) is 2.72. The van der Waals surface area contributed by atoms with Crippen LogP contribution in [0.2, 0.25) is 0 Å². The van der Waals surface area contributed by atoms with Crippen molar-refractivity contribution in [2.75, 3.05) is 18.5 Å². The van der Waals surface area contributed by atoms with E-state index in [2.05, 4.69) is 15.3 Å². The Bertz CT molecular complexity index is 687. The monoisotopic (exact) mass is 385 g/mol. The molecular weight excluding hydrogens is 373 g/mol. The summed E-state index contributed by atoms with van der Waals surface area (Å²) < 4.78 is 11.7. The first-order valence-corrected chi connectivity index (χ1v) is 7.22. The molecule has 2 aromatic rings. The molecule has 1 aliphatic heterocycles. The van der Waals surface area contributed by atoms with Gasteiger partial charge in [0.1, 0.15) is 3.57 Å². The molecule has 3 rings (SSSR count). The van der Waals surface area contributed by atoms with Gasteiger partial charge in [0.15, 0.2) is 17.3 Å². The van der Waals surface area contributed by atoms with Gasteiger partial charge >= 0.3 is 0 Å². The zero-order valence-corrected chi connectivity index (χ0v) is 12.6. The summed E-state index contributed by atoms with van der Waals surface area (Å²) in [6.07, 6.45) is 2.24. The number of benzene rings is 1. The highest BCUT2D eigenvalue weighted by molar-refractivity contribution is 14.1. The standard InChI is InChI=1S/C13H12IN3O3/c14-11-12(15-7-16-13(11)18)17-8-2-3-9-10(6-8)20-5-1-4-19-9/h2-3,6-7H,1,4-5H2,(H2,15,16,17,18). The number of fused-ring (bicyclic) bond motifs is 1. The zero-order chi connectivity index (χ0) is 13.9. The van der Waals surface area contributed by atoms with Crippen molar-refractivity contribution in [3.8, 4) is 11.5 Å². The fraction of sp³-hybridized carbons (Fsp3) is 0.231. The summed E-state index contributed by atoms with van der Waals surface area (Å²) in [5, 5.41) is 3.11. The zero-order valence-electron chi connectivity index (χ0n) is 10.5. The molecule has 0 atom stereocenters. The van der Waals surface area contributed by atoms with Crippen molar-refractivity contribution in [3.05, 3.63) is 38.5 Å². The minimum atomic E-state index is -0.169. The molecule has 0 amide bonds. The van der Waals surface area contributed by atoms with E-state index in [1.54, 1.807) is 0 Å². The summed E-state index contributed by atoms with van der Waals surface area (Å²) in [6, 6.07) is 5.56. The highest BCUT2D eigenvalue weighted by atomic mass is 127. The summed E-state index contributed by atoms with van der Waals surface area (Å²) in [5.74, 6) is 1.96. The van der Waals surface area contributed by atoms with Crippen molar-refractivity contribution >= 4 is 34.1 Å². The minimum absolute atomic E-state index is 0.169. The van der Waals surface area contributed by atoms with Crippen LogP contribution >= 0.6 is 22.6 Å². The normalized spacial score (nSPS) is 13.7. The highest BCUT2D eigenvalue weighted by Gasteiger charge is 2.12. The minimum Gasteiger partial charge on any atom is -0.490 e. The van der Waals surface area contributed by atoms with Crippen molar-refractivity contribution in [2.45, 2.75) is 6.42 Å². The molecule has 0 spiro atoms. The molecule has 0 fully saturated rings. The van der Waals surface area contributed by atoms with Gasteiger partial charge in [0.25, 0.3) is 5.56 Å². The van der Waals surface area contributed by atoms with Crippen molar-refractivity contribution in [1.29, 1.82) is 0 Å². The molecular formula is C13H12IN3O3. The maximum absolute atomic E-state index is 11.5. The lowest BCUT2D eigenvalue weighted by atomic mass is 10.2. The first-order valence-electron chi connectivity index (χ1n) is 6.14. The van der Waals surface area contributed by atoms with Crippen LogP contribution in [0.15, 0.2) is 29.3 Å². The number of H-pyrrole nitrogens is 1. The lowest BCUT2D eigenvalue weighted by Crippen LogP contribution is -2.12. The molecule has 0 saturated heterocycles. The van der Waals surface area contributed by atoms with Crippen molar-refractivity contribution in [3.63, 3.8) is 0 Å². The molecule has 6 nitrogen and oxygen atoms in total. The summed E-state index contributed by atoms with van der Waals surface area (Å²) in [6.45, 7) is 1.30. The predicted molar refractivity (Wildman–Crippen MR) is 82.9 cm³/mol. The van der Waals surface area contributed by atoms with Gasteiger partial charge in [-0.2, -0.15) is 0 Å². The second kappa shape index (κ2) is 5.70. The molecule has 0 unspecified atom stereocenters. The predicted octanol–water partition coefficient (Wildman–Crippen LogP) is 2.28. The van der Waals surface area contributed by atoms with E-state index in [0.29, 0.717) is 28.4 Å². The summed E-state index contributed by atoms with van der Waals surface area (Å²) >= 11 is 1.96. The van der Waals surface area contributed by atoms with Crippen LogP contribution in [-0.2, 0) is 0 Å². The van der Waals surface area contributed by atoms with Crippen LogP contribution in [0.25, 0.3) is 0 Å². The topological polar surface area (TPSA) is 76.2 Å². The quantitative estimate of drug-likeness (QED) is 0.776. The number of aromatic nitrogens is 2. The molecule has 2 N–H and O–H groups in total. The van der Waals surface area contributed by atoms with Crippen LogP contribution < -0.4 is 20.3 Å². The van der Waals surface area contributed by atoms with Gasteiger partial charge in [0.05, 0.1) is 19.5 Å². The second-order valence-electron chi connectivity index (χ2n) is 4.23. The van der Waals surface area contributed by atoms with Gasteiger partial charge in [0, 0.05) is 18.2 Å². The third-order valence-corrected chi connectivity index (χ3v) is 3.81. The Balaban J connectivity index is 1.90. The van der Waals surface area contributed by atoms with Gasteiger partial charge in [-0.05, 0) is 34.7 Å². The third-order valence-electron chi connectivity index (χ3n) is 2.81. The highest BCUT2D eigenvalue weighted by Crippen LogP contribution is 2.33. The Morgan fingerprint density at radius 2 is 2.05 bits per heavy atom. The number of hydrogen-bond donors (Lipinski definition) is 2. The summed E-state index contributed by atoms with van der Waals surface area (Å²) in [5.41, 5.74) is 0.628. The van der Waals surface area contributed by atoms with Crippen LogP contribution in [0, 0.1) is 3.57 Å². The van der Waals surface area contributed by atoms with Gasteiger partial charge in [-0.3, -0.25) is 4.79 Å². The maximum atomic E-state index is 11.5. The number of anilines is 2. The number of aromatic amines is 1. The number of ether oxygens (including phenoxy) is 2. The number of hydrogen-bond acceptors (Lipinski definition) is 5. The van der Waals surface area contributed by atoms with E-state index in [0.717, 1.165) is 17.9 Å². The molecule has 20 heavy (non-hydrogen) atoms. The Hall–Kier alpha value is -1.77. The Kier molecular flexibility index (Phi) is 3.77. The van der Waals surface area contributed by atoms with Crippen molar-refractivity contribution in [1.82, 2.24) is 9.97 Å². The SMILES string of the molecule is O=c1[nH]cnc(Nc2ccc3c(c2)OCCCO3)c1I. The first-order chi connectivity index (χ1) is 9.74. The molecule has 0 saturated carbocycles. The molecule has 0 aliphatic carbocycles. The first kappa shape index (κ1) is 13.2. The van der Waals surface area contributed by atoms with Gasteiger partial charge in [0.2, 0.25) is 0 Å². The van der Waals surface area contributed by atoms with Gasteiger partial charge in [-0.25, -0.2) is 4.98 Å². The molecule has 0 radical (unpaired) electrons. The van der Waals surface area contributed by atoms with Crippen LogP contribution in [0.1, 0.15) is 6.42 Å². The Morgan fingerprint density at radius 3 is 2.90 bits per heavy atom. The lowest BCUT2D eigenvalue weighted by molar-refractivity contribution is 0.297. The number of halogens is 1. The fourth-order valence-electron chi connectivity index (χ4n) is 1.85. The lowest BCUT2D eigenvalue weighted by Gasteiger charge is -2.11. The van der Waals surface area contributed by atoms with Crippen LogP contribution in [0.4, 0.5) is 11.5 Å². The number of nitrogens with one attached hydrogen (secondary N) is 2. The molecule has 1 aromatic heterocycles. The van der Waals surface area contributed by atoms with E-state index in [9.17, 15) is 4.79 Å². The Labute approximate surface area is 128 Å². The maximum Gasteiger partial charge on any atom is 0.266 e. The van der Waals surface area contributed by atoms with Crippen LogP contribution in [0.5, 0.6) is 11.5 Å². The molecule has 1 aromatic carbocycles. The fourth-order valence-corrected chi connectivity index (χ4v) is 2.28. The van der Waals surface area contributed by atoms with Gasteiger partial charge in [-0.1, -0.05) is 0 Å². The molecule has 104 valence electrons. The van der Waals surface area contributed by atoms with E-state index in [4.69, 9.17) is 9.47 Å². The summed E-state index contributed by atoms with van der Waals surface area (Å²) in [7, 11) is 0. The van der Waals surface area contributed by atoms with E-state index >= 15 is 0 Å². The smallest absolute Gasteiger partial charge is 0.266 e. The van der Waals surface area contributed by atoms with E-state index in [1.807, 2.05) is 40.8 Å². The number of nitrogens with zero attached hydrogens (tertiary/aromatic N) is 1. The largest absolute Gasteiger partial charge is 0.490 e. The molecule has 2 heterocycles. The number of rotatable bonds is 2. The van der Waals surface area contributed by atoms with Gasteiger partial charge in [-0.15, -0.1) is 0 Å². The molecule has 1 aliphatic rings. The Morgan fingerprint density at radius 1 is 1.25 bits per heavy atom. The summed E-state index contributed by atoms with van der Waals surface area (Å²) in [4.78, 5) is 18.2. The van der Waals surface area contributed by atoms with Crippen molar-refractivity contribution < 1.29 is 9.47 Å². The van der Waals surface area contributed by atoms with E-state index < -0.39 is 0 Å². The van der Waals surface area contributed by atoms with Crippen LogP contribution in [0.3, 0.4) is 0 Å². The van der Waals surface area contributed by atoms with E-state index in [-0.39, 0.29) is 5.56 Å². The second-order valence-corrected chi connectivity index (χ2v) is 5.31. The average Bonchev–Trinajstić information content (AvgIpc) is 2.69. The molecule has 7 heteroatoms. The average molecular weight is 385 g/mol.